The fourth-order valence-electron chi connectivity index (χ4n) is 10.7. The lowest BCUT2D eigenvalue weighted by molar-refractivity contribution is -0.204. The summed E-state index contributed by atoms with van der Waals surface area (Å²) >= 11 is 0. The Morgan fingerprint density at radius 3 is 2.22 bits per heavy atom. The van der Waals surface area contributed by atoms with Gasteiger partial charge in [0.25, 0.3) is 0 Å². The first-order valence-electron chi connectivity index (χ1n) is 14.1. The van der Waals surface area contributed by atoms with E-state index in [1.807, 2.05) is 7.11 Å². The quantitative estimate of drug-likeness (QED) is 0.386. The summed E-state index contributed by atoms with van der Waals surface area (Å²) in [6.07, 6.45) is 17.0. The van der Waals surface area contributed by atoms with Crippen LogP contribution >= 0.6 is 0 Å². The fourth-order valence-corrected chi connectivity index (χ4v) is 10.7. The van der Waals surface area contributed by atoms with Gasteiger partial charge in [0.1, 0.15) is 0 Å². The highest BCUT2D eigenvalue weighted by Crippen LogP contribution is 2.74. The Bertz CT molecular complexity index is 716. The highest BCUT2D eigenvalue weighted by molar-refractivity contribution is 5.16. The molecule has 0 spiro atoms. The largest absolute Gasteiger partial charge is 0.381 e. The van der Waals surface area contributed by atoms with Crippen LogP contribution in [0.1, 0.15) is 120 Å². The van der Waals surface area contributed by atoms with Gasteiger partial charge in [-0.15, -0.1) is 0 Å². The molecule has 0 amide bonds. The molecule has 0 radical (unpaired) electrons. The van der Waals surface area contributed by atoms with Crippen LogP contribution in [0.4, 0.5) is 0 Å². The molecule has 4 rings (SSSR count). The molecule has 0 aliphatic heterocycles. The molecule has 9 unspecified atom stereocenters. The lowest BCUT2D eigenvalue weighted by Gasteiger charge is -2.67. The number of ether oxygens (including phenoxy) is 1. The smallest absolute Gasteiger partial charge is 0.0625 e. The Morgan fingerprint density at radius 2 is 1.56 bits per heavy atom. The number of hydrogen-bond donors (Lipinski definition) is 0. The minimum Gasteiger partial charge on any atom is -0.381 e. The maximum atomic E-state index is 6.02. The third kappa shape index (κ3) is 3.49. The van der Waals surface area contributed by atoms with Crippen molar-refractivity contribution in [2.75, 3.05) is 7.11 Å². The van der Waals surface area contributed by atoms with Crippen molar-refractivity contribution in [2.45, 2.75) is 126 Å². The van der Waals surface area contributed by atoms with Gasteiger partial charge in [-0.25, -0.2) is 0 Å². The summed E-state index contributed by atoms with van der Waals surface area (Å²) in [5.41, 5.74) is 3.39. The van der Waals surface area contributed by atoms with Crippen LogP contribution in [-0.4, -0.2) is 13.2 Å². The van der Waals surface area contributed by atoms with E-state index in [1.54, 1.807) is 0 Å². The third-order valence-electron chi connectivity index (χ3n) is 12.6. The first-order valence-corrected chi connectivity index (χ1v) is 14.1. The maximum Gasteiger partial charge on any atom is 0.0625 e. The molecule has 0 bridgehead atoms. The molecule has 0 heterocycles. The summed E-state index contributed by atoms with van der Waals surface area (Å²) in [5, 5.41) is 0. The van der Waals surface area contributed by atoms with E-state index in [2.05, 4.69) is 61.5 Å². The number of hydrogen-bond acceptors (Lipinski definition) is 1. The summed E-state index contributed by atoms with van der Waals surface area (Å²) in [6, 6.07) is 0. The monoisotopic (exact) mass is 442 g/mol. The number of fused-ring (bicyclic) bond motifs is 5. The second-order valence-corrected chi connectivity index (χ2v) is 14.3. The zero-order valence-electron chi connectivity index (χ0n) is 23.0. The normalized spacial score (nSPS) is 48.3. The average molecular weight is 443 g/mol. The summed E-state index contributed by atoms with van der Waals surface area (Å²) in [4.78, 5) is 0. The molecular formula is C31H54O. The molecule has 0 aromatic rings. The average Bonchev–Trinajstić information content (AvgIpc) is 2.99. The molecule has 0 saturated heterocycles. The second-order valence-electron chi connectivity index (χ2n) is 14.3. The first kappa shape index (κ1) is 24.8. The van der Waals surface area contributed by atoms with Crippen LogP contribution in [-0.2, 0) is 4.74 Å². The van der Waals surface area contributed by atoms with Crippen molar-refractivity contribution in [3.63, 3.8) is 0 Å². The summed E-state index contributed by atoms with van der Waals surface area (Å²) in [5.74, 6) is 4.47. The van der Waals surface area contributed by atoms with Gasteiger partial charge >= 0.3 is 0 Å². The van der Waals surface area contributed by atoms with Gasteiger partial charge in [-0.1, -0.05) is 53.2 Å². The van der Waals surface area contributed by atoms with Crippen LogP contribution in [0.3, 0.4) is 0 Å². The van der Waals surface area contributed by atoms with Gasteiger partial charge in [0.2, 0.25) is 0 Å². The van der Waals surface area contributed by atoms with Crippen LogP contribution in [0.5, 0.6) is 0 Å². The fraction of sp³-hybridized carbons (Fsp3) is 0.935. The standard InChI is InChI=1S/C31H54O/c1-21(2)11-10-12-22(3)23-15-19-31(8)25-13-14-26-28(4,5)27(32-9)17-18-29(26,6)24(25)16-20-30(23,31)7/h11,22-27H,10,12-20H2,1-9H3. The van der Waals surface area contributed by atoms with E-state index in [9.17, 15) is 0 Å². The summed E-state index contributed by atoms with van der Waals surface area (Å²) in [7, 11) is 1.95. The molecular weight excluding hydrogens is 388 g/mol. The predicted octanol–water partition coefficient (Wildman–Crippen LogP) is 9.07. The third-order valence-corrected chi connectivity index (χ3v) is 12.6. The van der Waals surface area contributed by atoms with Crippen LogP contribution in [0.2, 0.25) is 0 Å². The zero-order chi connectivity index (χ0) is 23.5. The molecule has 184 valence electrons. The lowest BCUT2D eigenvalue weighted by atomic mass is 9.38. The zero-order valence-corrected chi connectivity index (χ0v) is 23.0. The Kier molecular flexibility index (Phi) is 6.53. The molecule has 4 aliphatic carbocycles. The Balaban J connectivity index is 1.57. The number of methoxy groups -OCH3 is 1. The van der Waals surface area contributed by atoms with Crippen LogP contribution < -0.4 is 0 Å². The van der Waals surface area contributed by atoms with Gasteiger partial charge < -0.3 is 4.74 Å². The van der Waals surface area contributed by atoms with Gasteiger partial charge in [0.05, 0.1) is 6.10 Å². The molecule has 9 atom stereocenters. The topological polar surface area (TPSA) is 9.23 Å². The van der Waals surface area contributed by atoms with E-state index in [0.717, 1.165) is 29.6 Å². The van der Waals surface area contributed by atoms with Crippen molar-refractivity contribution in [3.8, 4) is 0 Å². The highest BCUT2D eigenvalue weighted by Gasteiger charge is 2.67. The first-order chi connectivity index (χ1) is 14.9. The van der Waals surface area contributed by atoms with Crippen LogP contribution in [0.25, 0.3) is 0 Å². The van der Waals surface area contributed by atoms with E-state index in [0.29, 0.717) is 27.8 Å². The highest BCUT2D eigenvalue weighted by atomic mass is 16.5. The minimum absolute atomic E-state index is 0.312. The Hall–Kier alpha value is -0.300. The van der Waals surface area contributed by atoms with Crippen molar-refractivity contribution < 1.29 is 4.74 Å². The number of rotatable bonds is 5. The molecule has 0 aromatic carbocycles. The predicted molar refractivity (Wildman–Crippen MR) is 138 cm³/mol. The number of allylic oxidation sites excluding steroid dienone is 2. The molecule has 1 heteroatoms. The minimum atomic E-state index is 0.312. The Morgan fingerprint density at radius 1 is 0.875 bits per heavy atom. The summed E-state index contributed by atoms with van der Waals surface area (Å²) in [6.45, 7) is 20.3. The molecule has 0 N–H and O–H groups in total. The lowest BCUT2D eigenvalue weighted by Crippen LogP contribution is -2.61. The molecule has 0 aromatic heterocycles. The van der Waals surface area contributed by atoms with E-state index in [4.69, 9.17) is 4.74 Å². The SMILES string of the molecule is COC1CCC2(C)C3CCC4(C)C(C(C)CCC=C(C)C)CCC4(C)C3CCC2C1(C)C. The molecule has 4 fully saturated rings. The van der Waals surface area contributed by atoms with Gasteiger partial charge in [0, 0.05) is 7.11 Å². The van der Waals surface area contributed by atoms with E-state index < -0.39 is 0 Å². The van der Waals surface area contributed by atoms with Crippen molar-refractivity contribution in [3.05, 3.63) is 11.6 Å². The van der Waals surface area contributed by atoms with Gasteiger partial charge in [-0.05, 0) is 129 Å². The molecule has 1 nitrogen and oxygen atoms in total. The summed E-state index contributed by atoms with van der Waals surface area (Å²) < 4.78 is 6.02. The van der Waals surface area contributed by atoms with Crippen LogP contribution in [0, 0.1) is 51.2 Å². The molecule has 4 saturated carbocycles. The van der Waals surface area contributed by atoms with Gasteiger partial charge in [0.15, 0.2) is 0 Å². The van der Waals surface area contributed by atoms with Crippen molar-refractivity contribution >= 4 is 0 Å². The van der Waals surface area contributed by atoms with Crippen molar-refractivity contribution in [1.29, 1.82) is 0 Å². The van der Waals surface area contributed by atoms with Crippen molar-refractivity contribution in [2.24, 2.45) is 51.2 Å². The molecule has 4 aliphatic rings. The van der Waals surface area contributed by atoms with Crippen LogP contribution in [0.15, 0.2) is 11.6 Å². The van der Waals surface area contributed by atoms with E-state index in [-0.39, 0.29) is 0 Å². The van der Waals surface area contributed by atoms with Gasteiger partial charge in [-0.3, -0.25) is 0 Å². The Labute approximate surface area is 200 Å². The van der Waals surface area contributed by atoms with Gasteiger partial charge in [-0.2, -0.15) is 0 Å². The second kappa shape index (κ2) is 8.42. The van der Waals surface area contributed by atoms with E-state index in [1.165, 1.54) is 69.8 Å². The molecule has 32 heavy (non-hydrogen) atoms. The van der Waals surface area contributed by atoms with Crippen molar-refractivity contribution in [1.82, 2.24) is 0 Å². The van der Waals surface area contributed by atoms with E-state index >= 15 is 0 Å². The maximum absolute atomic E-state index is 6.02.